The highest BCUT2D eigenvalue weighted by Crippen LogP contribution is 2.26. The molecule has 1 aliphatic heterocycles. The SMILES string of the molecule is CC1(c2cccc(NC(=O)c3ccc(Br)cc3)c2)NC(=O)NC1=O. The molecule has 1 unspecified atom stereocenters. The van der Waals surface area contributed by atoms with Crippen LogP contribution in [-0.2, 0) is 10.3 Å². The highest BCUT2D eigenvalue weighted by Gasteiger charge is 2.43. The van der Waals surface area contributed by atoms with Crippen LogP contribution in [0.3, 0.4) is 0 Å². The summed E-state index contributed by atoms with van der Waals surface area (Å²) in [4.78, 5) is 35.7. The topological polar surface area (TPSA) is 87.3 Å². The number of imide groups is 1. The van der Waals surface area contributed by atoms with Crippen molar-refractivity contribution in [2.75, 3.05) is 5.32 Å². The number of nitrogens with one attached hydrogen (secondary N) is 3. The molecule has 2 aromatic carbocycles. The number of rotatable bonds is 3. The zero-order valence-corrected chi connectivity index (χ0v) is 14.3. The number of hydrogen-bond donors (Lipinski definition) is 3. The molecule has 0 bridgehead atoms. The first-order valence-electron chi connectivity index (χ1n) is 7.19. The van der Waals surface area contributed by atoms with Crippen LogP contribution in [0.1, 0.15) is 22.8 Å². The van der Waals surface area contributed by atoms with Gasteiger partial charge in [0, 0.05) is 15.7 Å². The molecule has 1 atom stereocenters. The minimum atomic E-state index is -1.16. The quantitative estimate of drug-likeness (QED) is 0.707. The van der Waals surface area contributed by atoms with E-state index < -0.39 is 17.5 Å². The van der Waals surface area contributed by atoms with Crippen LogP contribution in [0.25, 0.3) is 0 Å². The molecule has 0 aliphatic carbocycles. The van der Waals surface area contributed by atoms with Crippen molar-refractivity contribution in [2.45, 2.75) is 12.5 Å². The summed E-state index contributed by atoms with van der Waals surface area (Å²) in [5, 5.41) is 7.60. The number of carbonyl (C=O) groups excluding carboxylic acids is 3. The summed E-state index contributed by atoms with van der Waals surface area (Å²) in [5.74, 6) is -0.686. The second kappa shape index (κ2) is 6.09. The van der Waals surface area contributed by atoms with Crippen molar-refractivity contribution in [3.05, 3.63) is 64.1 Å². The van der Waals surface area contributed by atoms with Gasteiger partial charge in [-0.25, -0.2) is 4.79 Å². The van der Waals surface area contributed by atoms with Crippen molar-refractivity contribution in [1.29, 1.82) is 0 Å². The number of urea groups is 1. The molecular weight excluding hydrogens is 374 g/mol. The highest BCUT2D eigenvalue weighted by molar-refractivity contribution is 9.10. The molecule has 6 nitrogen and oxygen atoms in total. The molecule has 0 radical (unpaired) electrons. The van der Waals surface area contributed by atoms with E-state index in [1.165, 1.54) is 0 Å². The lowest BCUT2D eigenvalue weighted by Gasteiger charge is -2.21. The molecule has 1 heterocycles. The van der Waals surface area contributed by atoms with Crippen LogP contribution in [0.15, 0.2) is 53.0 Å². The van der Waals surface area contributed by atoms with Gasteiger partial charge >= 0.3 is 6.03 Å². The first-order chi connectivity index (χ1) is 11.4. The standard InChI is InChI=1S/C17H14BrN3O3/c1-17(15(23)20-16(24)21-17)11-3-2-4-13(9-11)19-14(22)10-5-7-12(18)8-6-10/h2-9H,1H3,(H,19,22)(H2,20,21,23,24). The lowest BCUT2D eigenvalue weighted by molar-refractivity contribution is -0.123. The van der Waals surface area contributed by atoms with Crippen LogP contribution in [0.4, 0.5) is 10.5 Å². The van der Waals surface area contributed by atoms with Gasteiger partial charge in [0.25, 0.3) is 11.8 Å². The summed E-state index contributed by atoms with van der Waals surface area (Å²) in [6.45, 7) is 1.61. The van der Waals surface area contributed by atoms with Gasteiger partial charge in [0.2, 0.25) is 0 Å². The summed E-state index contributed by atoms with van der Waals surface area (Å²) in [7, 11) is 0. The molecule has 1 saturated heterocycles. The van der Waals surface area contributed by atoms with Crippen LogP contribution in [0.2, 0.25) is 0 Å². The molecule has 2 aromatic rings. The summed E-state index contributed by atoms with van der Waals surface area (Å²) in [5.41, 5.74) is 0.479. The van der Waals surface area contributed by atoms with Crippen LogP contribution in [-0.4, -0.2) is 17.8 Å². The fourth-order valence-corrected chi connectivity index (χ4v) is 2.72. The summed E-state index contributed by atoms with van der Waals surface area (Å²) in [6.07, 6.45) is 0. The minimum Gasteiger partial charge on any atom is -0.322 e. The van der Waals surface area contributed by atoms with Gasteiger partial charge in [-0.15, -0.1) is 0 Å². The fraction of sp³-hybridized carbons (Fsp3) is 0.118. The van der Waals surface area contributed by atoms with Crippen LogP contribution in [0, 0.1) is 0 Å². The van der Waals surface area contributed by atoms with Crippen molar-refractivity contribution in [3.8, 4) is 0 Å². The van der Waals surface area contributed by atoms with Crippen molar-refractivity contribution in [1.82, 2.24) is 10.6 Å². The predicted octanol–water partition coefficient (Wildman–Crippen LogP) is 2.76. The van der Waals surface area contributed by atoms with E-state index in [1.807, 2.05) is 0 Å². The second-order valence-electron chi connectivity index (χ2n) is 5.58. The molecule has 4 amide bonds. The van der Waals surface area contributed by atoms with Gasteiger partial charge in [0.05, 0.1) is 0 Å². The normalized spacial score (nSPS) is 19.6. The van der Waals surface area contributed by atoms with Crippen molar-refractivity contribution < 1.29 is 14.4 Å². The largest absolute Gasteiger partial charge is 0.322 e. The Hall–Kier alpha value is -2.67. The molecule has 1 aliphatic rings. The summed E-state index contributed by atoms with van der Waals surface area (Å²) >= 11 is 3.32. The second-order valence-corrected chi connectivity index (χ2v) is 6.49. The Morgan fingerprint density at radius 2 is 1.83 bits per heavy atom. The monoisotopic (exact) mass is 387 g/mol. The Bertz CT molecular complexity index is 835. The molecule has 0 spiro atoms. The number of halogens is 1. The maximum atomic E-state index is 12.3. The summed E-state index contributed by atoms with van der Waals surface area (Å²) < 4.78 is 0.886. The Morgan fingerprint density at radius 3 is 2.46 bits per heavy atom. The van der Waals surface area contributed by atoms with E-state index in [0.29, 0.717) is 16.8 Å². The number of benzene rings is 2. The van der Waals surface area contributed by atoms with Crippen LogP contribution < -0.4 is 16.0 Å². The maximum Gasteiger partial charge on any atom is 0.322 e. The van der Waals surface area contributed by atoms with Gasteiger partial charge in [-0.2, -0.15) is 0 Å². The third kappa shape index (κ3) is 3.03. The van der Waals surface area contributed by atoms with E-state index in [1.54, 1.807) is 55.5 Å². The van der Waals surface area contributed by atoms with E-state index >= 15 is 0 Å². The van der Waals surface area contributed by atoms with Gasteiger partial charge in [-0.1, -0.05) is 28.1 Å². The molecule has 3 N–H and O–H groups in total. The molecule has 122 valence electrons. The van der Waals surface area contributed by atoms with Gasteiger partial charge in [-0.3, -0.25) is 14.9 Å². The first kappa shape index (κ1) is 16.2. The van der Waals surface area contributed by atoms with Crippen molar-refractivity contribution >= 4 is 39.5 Å². The van der Waals surface area contributed by atoms with Crippen LogP contribution >= 0.6 is 15.9 Å². The molecular formula is C17H14BrN3O3. The number of anilines is 1. The van der Waals surface area contributed by atoms with Gasteiger partial charge in [-0.05, 0) is 48.9 Å². The third-order valence-electron chi connectivity index (χ3n) is 3.85. The van der Waals surface area contributed by atoms with E-state index in [2.05, 4.69) is 31.9 Å². The van der Waals surface area contributed by atoms with Crippen molar-refractivity contribution in [2.24, 2.45) is 0 Å². The Balaban J connectivity index is 1.83. The first-order valence-corrected chi connectivity index (χ1v) is 7.99. The average Bonchev–Trinajstić information content (AvgIpc) is 2.81. The lowest BCUT2D eigenvalue weighted by atomic mass is 9.92. The van der Waals surface area contributed by atoms with E-state index in [4.69, 9.17) is 0 Å². The number of carbonyl (C=O) groups is 3. The smallest absolute Gasteiger partial charge is 0.322 e. The number of hydrogen-bond acceptors (Lipinski definition) is 3. The van der Waals surface area contributed by atoms with Gasteiger partial charge in [0.15, 0.2) is 0 Å². The lowest BCUT2D eigenvalue weighted by Crippen LogP contribution is -2.40. The highest BCUT2D eigenvalue weighted by atomic mass is 79.9. The molecule has 0 aromatic heterocycles. The van der Waals surface area contributed by atoms with Crippen LogP contribution in [0.5, 0.6) is 0 Å². The zero-order valence-electron chi connectivity index (χ0n) is 12.7. The molecule has 24 heavy (non-hydrogen) atoms. The van der Waals surface area contributed by atoms with E-state index in [9.17, 15) is 14.4 Å². The molecule has 0 saturated carbocycles. The molecule has 7 heteroatoms. The maximum absolute atomic E-state index is 12.3. The average molecular weight is 388 g/mol. The fourth-order valence-electron chi connectivity index (χ4n) is 2.46. The molecule has 1 fully saturated rings. The Morgan fingerprint density at radius 1 is 1.12 bits per heavy atom. The van der Waals surface area contributed by atoms with E-state index in [0.717, 1.165) is 4.47 Å². The third-order valence-corrected chi connectivity index (χ3v) is 4.38. The minimum absolute atomic E-state index is 0.260. The van der Waals surface area contributed by atoms with E-state index in [-0.39, 0.29) is 5.91 Å². The Labute approximate surface area is 146 Å². The predicted molar refractivity (Wildman–Crippen MR) is 92.6 cm³/mol. The Kier molecular flexibility index (Phi) is 4.11. The van der Waals surface area contributed by atoms with Gasteiger partial charge < -0.3 is 10.6 Å². The van der Waals surface area contributed by atoms with Crippen molar-refractivity contribution in [3.63, 3.8) is 0 Å². The zero-order chi connectivity index (χ0) is 17.3. The summed E-state index contributed by atoms with van der Waals surface area (Å²) in [6, 6.07) is 13.3. The van der Waals surface area contributed by atoms with Gasteiger partial charge in [0.1, 0.15) is 5.54 Å². The number of amides is 4. The molecule has 3 rings (SSSR count).